The number of hydrogen-bond acceptors (Lipinski definition) is 5. The summed E-state index contributed by atoms with van der Waals surface area (Å²) in [5, 5.41) is 17.2. The van der Waals surface area contributed by atoms with Crippen LogP contribution in [0.5, 0.6) is 0 Å². The highest BCUT2D eigenvalue weighted by atomic mass is 35.5. The maximum atomic E-state index is 13.2. The van der Waals surface area contributed by atoms with Gasteiger partial charge in [-0.3, -0.25) is 4.79 Å². The van der Waals surface area contributed by atoms with Gasteiger partial charge in [0.25, 0.3) is 5.91 Å². The number of pyridine rings is 1. The molecule has 0 radical (unpaired) electrons. The van der Waals surface area contributed by atoms with Crippen LogP contribution in [0.2, 0.25) is 0 Å². The first-order valence-corrected chi connectivity index (χ1v) is 11.5. The van der Waals surface area contributed by atoms with Crippen LogP contribution in [0.3, 0.4) is 0 Å². The molecular formula is C25H31ClN4O2. The second-order valence-corrected chi connectivity index (χ2v) is 10.4. The molecule has 1 saturated heterocycles. The number of piperidine rings is 1. The van der Waals surface area contributed by atoms with Gasteiger partial charge in [0.1, 0.15) is 5.82 Å². The molecule has 1 aliphatic heterocycles. The zero-order valence-electron chi connectivity index (χ0n) is 18.2. The van der Waals surface area contributed by atoms with Gasteiger partial charge in [-0.15, -0.1) is 12.4 Å². The van der Waals surface area contributed by atoms with E-state index in [4.69, 9.17) is 5.73 Å². The van der Waals surface area contributed by atoms with E-state index in [9.17, 15) is 9.90 Å². The second-order valence-electron chi connectivity index (χ2n) is 10.4. The van der Waals surface area contributed by atoms with Gasteiger partial charge in [-0.05, 0) is 74.6 Å². The molecule has 2 atom stereocenters. The second kappa shape index (κ2) is 7.44. The Balaban J connectivity index is 0.00000216. The van der Waals surface area contributed by atoms with Gasteiger partial charge in [-0.1, -0.05) is 24.3 Å². The maximum Gasteiger partial charge on any atom is 0.255 e. The number of amides is 1. The third-order valence-electron chi connectivity index (χ3n) is 8.60. The number of benzene rings is 1. The van der Waals surface area contributed by atoms with Crippen molar-refractivity contribution in [1.82, 2.24) is 15.6 Å². The van der Waals surface area contributed by atoms with Gasteiger partial charge in [0, 0.05) is 29.3 Å². The number of nitrogens with zero attached hydrogens (tertiary/aromatic N) is 1. The summed E-state index contributed by atoms with van der Waals surface area (Å²) in [5.74, 6) is 0.878. The van der Waals surface area contributed by atoms with Crippen molar-refractivity contribution in [3.05, 3.63) is 47.7 Å². The first-order valence-electron chi connectivity index (χ1n) is 11.5. The number of halogens is 1. The predicted octanol–water partition coefficient (Wildman–Crippen LogP) is 3.18. The predicted molar refractivity (Wildman–Crippen MR) is 127 cm³/mol. The van der Waals surface area contributed by atoms with E-state index in [0.29, 0.717) is 11.0 Å². The fourth-order valence-corrected chi connectivity index (χ4v) is 6.26. The molecule has 5 N–H and O–H groups in total. The topological polar surface area (TPSA) is 100 Å². The summed E-state index contributed by atoms with van der Waals surface area (Å²) in [5.41, 5.74) is 9.48. The Bertz CT molecular complexity index is 1030. The Morgan fingerprint density at radius 2 is 1.78 bits per heavy atom. The number of nitrogens with two attached hydrogens (primary N) is 1. The molecule has 2 aromatic rings. The van der Waals surface area contributed by atoms with Crippen LogP contribution in [0.1, 0.15) is 60.9 Å². The molecule has 1 aromatic carbocycles. The van der Waals surface area contributed by atoms with Crippen molar-refractivity contribution in [3.63, 3.8) is 0 Å². The lowest BCUT2D eigenvalue weighted by atomic mass is 9.63. The first kappa shape index (κ1) is 21.7. The number of nitrogens with one attached hydrogen (secondary N) is 2. The van der Waals surface area contributed by atoms with Crippen LogP contribution in [0, 0.1) is 5.92 Å². The van der Waals surface area contributed by atoms with E-state index in [0.717, 1.165) is 68.7 Å². The third-order valence-corrected chi connectivity index (χ3v) is 8.60. The van der Waals surface area contributed by atoms with Crippen LogP contribution < -0.4 is 16.4 Å². The van der Waals surface area contributed by atoms with Gasteiger partial charge in [0.15, 0.2) is 0 Å². The molecular weight excluding hydrogens is 424 g/mol. The fraction of sp³-hybridized carbons (Fsp3) is 0.520. The quantitative estimate of drug-likeness (QED) is 0.568. The minimum Gasteiger partial charge on any atom is -0.390 e. The van der Waals surface area contributed by atoms with Crippen molar-refractivity contribution in [2.75, 3.05) is 18.8 Å². The number of carbonyl (C=O) groups excluding carboxylic acids is 1. The molecule has 5 fully saturated rings. The molecule has 4 saturated carbocycles. The van der Waals surface area contributed by atoms with Crippen LogP contribution in [-0.4, -0.2) is 40.2 Å². The van der Waals surface area contributed by atoms with Crippen molar-refractivity contribution < 1.29 is 9.90 Å². The number of aliphatic hydroxyl groups is 1. The van der Waals surface area contributed by atoms with E-state index < -0.39 is 5.60 Å². The Kier molecular flexibility index (Phi) is 5.04. The van der Waals surface area contributed by atoms with E-state index in [1.165, 1.54) is 12.0 Å². The molecule has 7 rings (SSSR count). The lowest BCUT2D eigenvalue weighted by molar-refractivity contribution is -0.0702. The van der Waals surface area contributed by atoms with E-state index >= 15 is 0 Å². The van der Waals surface area contributed by atoms with Crippen LogP contribution >= 0.6 is 12.4 Å². The van der Waals surface area contributed by atoms with Crippen molar-refractivity contribution in [1.29, 1.82) is 0 Å². The molecule has 170 valence electrons. The zero-order chi connectivity index (χ0) is 21.3. The van der Waals surface area contributed by atoms with Crippen LogP contribution in [0.15, 0.2) is 36.5 Å². The molecule has 7 heteroatoms. The number of hydrogen-bond donors (Lipinski definition) is 4. The number of fused-ring (bicyclic) bond motifs is 4. The van der Waals surface area contributed by atoms with Crippen LogP contribution in [0.25, 0.3) is 11.1 Å². The number of anilines is 1. The molecule has 2 heterocycles. The molecule has 0 spiro atoms. The fourth-order valence-electron chi connectivity index (χ4n) is 6.26. The Hall–Kier alpha value is -2.15. The zero-order valence-corrected chi connectivity index (χ0v) is 19.0. The molecule has 4 aliphatic carbocycles. The van der Waals surface area contributed by atoms with Crippen molar-refractivity contribution >= 4 is 24.1 Å². The summed E-state index contributed by atoms with van der Waals surface area (Å²) in [4.78, 5) is 17.5. The Morgan fingerprint density at radius 3 is 2.38 bits per heavy atom. The Morgan fingerprint density at radius 1 is 1.09 bits per heavy atom. The molecule has 6 nitrogen and oxygen atoms in total. The highest BCUT2D eigenvalue weighted by Crippen LogP contribution is 2.56. The van der Waals surface area contributed by atoms with Gasteiger partial charge in [0.2, 0.25) is 0 Å². The molecule has 1 amide bonds. The summed E-state index contributed by atoms with van der Waals surface area (Å²) in [6.45, 7) is 2.20. The van der Waals surface area contributed by atoms with Crippen LogP contribution in [0.4, 0.5) is 5.82 Å². The maximum absolute atomic E-state index is 13.2. The molecule has 2 bridgehead atoms. The van der Waals surface area contributed by atoms with E-state index in [-0.39, 0.29) is 29.7 Å². The summed E-state index contributed by atoms with van der Waals surface area (Å²) in [6, 6.07) is 10.6. The summed E-state index contributed by atoms with van der Waals surface area (Å²) >= 11 is 0. The van der Waals surface area contributed by atoms with E-state index in [2.05, 4.69) is 39.9 Å². The molecule has 32 heavy (non-hydrogen) atoms. The minimum absolute atomic E-state index is 0. The normalized spacial score (nSPS) is 34.5. The number of nitrogen functional groups attached to an aromatic ring is 1. The number of rotatable bonds is 4. The molecule has 0 unspecified atom stereocenters. The summed E-state index contributed by atoms with van der Waals surface area (Å²) in [7, 11) is 0. The highest BCUT2D eigenvalue weighted by Gasteiger charge is 2.57. The highest BCUT2D eigenvalue weighted by molar-refractivity contribution is 5.99. The molecule has 5 aliphatic rings. The number of aromatic nitrogens is 1. The Labute approximate surface area is 194 Å². The van der Waals surface area contributed by atoms with Gasteiger partial charge in [0.05, 0.1) is 11.2 Å². The number of carbonyl (C=O) groups is 1. The van der Waals surface area contributed by atoms with Gasteiger partial charge in [-0.2, -0.15) is 0 Å². The standard InChI is InChI=1S/C25H30N4O2.ClH/c26-21-20(22(30)29-23-5-8-24(31,9-6-23)10-7-23)11-17(13-28-21)16-1-3-18(4-2-16)25-12-19(25)14-27-15-25;/h1-4,11,13,19,27,31H,5-10,12,14-15H2,(H2,26,28)(H,29,30);1H/t19-,23?,24?,25+;/m1./s1. The van der Waals surface area contributed by atoms with Crippen molar-refractivity contribution in [2.45, 2.75) is 61.5 Å². The first-order chi connectivity index (χ1) is 14.9. The van der Waals surface area contributed by atoms with Crippen LogP contribution in [-0.2, 0) is 5.41 Å². The van der Waals surface area contributed by atoms with Crippen molar-refractivity contribution in [2.24, 2.45) is 5.92 Å². The van der Waals surface area contributed by atoms with E-state index in [1.807, 2.05) is 6.07 Å². The average Bonchev–Trinajstić information content (AvgIpc) is 3.35. The lowest BCUT2D eigenvalue weighted by Crippen LogP contribution is -2.58. The minimum atomic E-state index is -0.520. The summed E-state index contributed by atoms with van der Waals surface area (Å²) < 4.78 is 0. The third kappa shape index (κ3) is 3.40. The monoisotopic (exact) mass is 454 g/mol. The largest absolute Gasteiger partial charge is 0.390 e. The molecule has 1 aromatic heterocycles. The average molecular weight is 455 g/mol. The van der Waals surface area contributed by atoms with Gasteiger partial charge in [-0.25, -0.2) is 4.98 Å². The lowest BCUT2D eigenvalue weighted by Gasteiger charge is -2.51. The van der Waals surface area contributed by atoms with Crippen molar-refractivity contribution in [3.8, 4) is 11.1 Å². The SMILES string of the molecule is Cl.Nc1ncc(-c2ccc([C@]34CNC[C@H]3C4)cc2)cc1C(=O)NC12CCC(O)(CC1)CC2. The van der Waals surface area contributed by atoms with E-state index in [1.54, 1.807) is 6.20 Å². The smallest absolute Gasteiger partial charge is 0.255 e. The summed E-state index contributed by atoms with van der Waals surface area (Å²) in [6.07, 6.45) is 7.76. The van der Waals surface area contributed by atoms with Gasteiger partial charge < -0.3 is 21.5 Å². The van der Waals surface area contributed by atoms with Gasteiger partial charge >= 0.3 is 0 Å².